The molecule has 0 aromatic rings. The number of hydrogen-bond acceptors (Lipinski definition) is 8. The number of ether oxygens (including phenoxy) is 4. The van der Waals surface area contributed by atoms with Gasteiger partial charge in [0.25, 0.3) is 0 Å². The van der Waals surface area contributed by atoms with Crippen LogP contribution in [-0.4, -0.2) is 69.2 Å². The summed E-state index contributed by atoms with van der Waals surface area (Å²) < 4.78 is 26.2. The molecule has 2 saturated heterocycles. The largest absolute Gasteiger partial charge is 0.391 e. The first-order valence-corrected chi connectivity index (χ1v) is 17.0. The number of allylic oxidation sites excluding steroid dienone is 1. The van der Waals surface area contributed by atoms with Crippen LogP contribution in [0.5, 0.6) is 0 Å². The average molecular weight is 616 g/mol. The van der Waals surface area contributed by atoms with E-state index in [0.29, 0.717) is 25.9 Å². The fraction of sp³-hybridized carbons (Fsp3) is 0.861. The summed E-state index contributed by atoms with van der Waals surface area (Å²) in [5, 5.41) is 28.3. The van der Waals surface area contributed by atoms with Crippen LogP contribution in [0.4, 0.5) is 0 Å². The Kier molecular flexibility index (Phi) is 7.68. The van der Waals surface area contributed by atoms with Crippen molar-refractivity contribution in [2.24, 2.45) is 33.7 Å². The molecule has 2 heterocycles. The summed E-state index contributed by atoms with van der Waals surface area (Å²) in [6.07, 6.45) is 10.1. The molecule has 3 saturated carbocycles. The highest BCUT2D eigenvalue weighted by atomic mass is 16.8. The maximum absolute atomic E-state index is 13.1. The number of nitrogens with zero attached hydrogens (tertiary/aromatic N) is 1. The zero-order chi connectivity index (χ0) is 32.1. The Morgan fingerprint density at radius 2 is 1.70 bits per heavy atom. The predicted molar refractivity (Wildman–Crippen MR) is 169 cm³/mol. The van der Waals surface area contributed by atoms with Crippen molar-refractivity contribution < 1.29 is 34.0 Å². The van der Waals surface area contributed by atoms with Crippen LogP contribution in [0.25, 0.3) is 0 Å². The van der Waals surface area contributed by atoms with E-state index >= 15 is 0 Å². The summed E-state index contributed by atoms with van der Waals surface area (Å²) in [5.74, 6) is -0.937. The first kappa shape index (κ1) is 32.6. The van der Waals surface area contributed by atoms with Gasteiger partial charge in [0.2, 0.25) is 0 Å². The van der Waals surface area contributed by atoms with Crippen LogP contribution < -0.4 is 0 Å². The molecule has 2 aliphatic heterocycles. The number of aliphatic hydroxyl groups is 2. The Morgan fingerprint density at radius 3 is 2.39 bits per heavy atom. The molecule has 248 valence electrons. The lowest BCUT2D eigenvalue weighted by atomic mass is 9.45. The van der Waals surface area contributed by atoms with Crippen LogP contribution in [0.1, 0.15) is 114 Å². The van der Waals surface area contributed by atoms with Crippen LogP contribution in [-0.2, 0) is 23.8 Å². The van der Waals surface area contributed by atoms with Crippen molar-refractivity contribution >= 4 is 5.71 Å². The molecule has 4 aliphatic carbocycles. The second kappa shape index (κ2) is 10.4. The van der Waals surface area contributed by atoms with Gasteiger partial charge in [-0.1, -0.05) is 31.7 Å². The van der Waals surface area contributed by atoms with Gasteiger partial charge in [-0.25, -0.2) is 0 Å². The van der Waals surface area contributed by atoms with E-state index in [1.54, 1.807) is 6.08 Å². The lowest BCUT2D eigenvalue weighted by Crippen LogP contribution is -2.62. The van der Waals surface area contributed by atoms with Crippen molar-refractivity contribution in [1.29, 1.82) is 0 Å². The van der Waals surface area contributed by atoms with Gasteiger partial charge in [-0.3, -0.25) is 0 Å². The topological polar surface area (TPSA) is 99.0 Å². The number of oxime groups is 1. The molecule has 5 fully saturated rings. The molecule has 0 unspecified atom stereocenters. The van der Waals surface area contributed by atoms with Gasteiger partial charge in [-0.05, 0) is 129 Å². The van der Waals surface area contributed by atoms with Crippen molar-refractivity contribution in [3.8, 4) is 0 Å². The molecule has 0 spiro atoms. The van der Waals surface area contributed by atoms with E-state index in [1.807, 2.05) is 41.5 Å². The maximum atomic E-state index is 13.1. The maximum Gasteiger partial charge on any atom is 0.164 e. The number of fused-ring (bicyclic) bond motifs is 6. The quantitative estimate of drug-likeness (QED) is 0.193. The van der Waals surface area contributed by atoms with Gasteiger partial charge in [0.1, 0.15) is 6.61 Å². The molecule has 0 amide bonds. The molecule has 0 bridgehead atoms. The van der Waals surface area contributed by atoms with Crippen LogP contribution in [0, 0.1) is 28.6 Å². The van der Waals surface area contributed by atoms with Crippen LogP contribution in [0.3, 0.4) is 0 Å². The Balaban J connectivity index is 1.38. The lowest BCUT2D eigenvalue weighted by molar-refractivity contribution is -0.189. The second-order valence-electron chi connectivity index (χ2n) is 17.0. The lowest BCUT2D eigenvalue weighted by Gasteiger charge is -2.61. The van der Waals surface area contributed by atoms with Gasteiger partial charge in [-0.15, -0.1) is 0 Å². The van der Waals surface area contributed by atoms with Gasteiger partial charge in [0.15, 0.2) is 11.6 Å². The van der Waals surface area contributed by atoms with E-state index in [0.717, 1.165) is 43.4 Å². The van der Waals surface area contributed by atoms with Crippen LogP contribution >= 0.6 is 0 Å². The highest BCUT2D eigenvalue weighted by Gasteiger charge is 2.71. The Labute approximate surface area is 264 Å². The molecule has 2 N–H and O–H groups in total. The van der Waals surface area contributed by atoms with Gasteiger partial charge >= 0.3 is 0 Å². The summed E-state index contributed by atoms with van der Waals surface area (Å²) in [6, 6.07) is 0. The SMILES string of the molecule is C=CCO/N=C1\C=C2[C@H](CC[C@]3(C)[C@@H]([C@@]4(C)OC(C)(C)O[C@@H]4CCC(C)(C)O)CC[C@@]23O)[C@@]2(C)C[C@@H]3OC(C)(C)O[C@@H]3C[C@@H]12. The molecule has 0 aromatic carbocycles. The molecule has 44 heavy (non-hydrogen) atoms. The van der Waals surface area contributed by atoms with E-state index in [9.17, 15) is 10.2 Å². The van der Waals surface area contributed by atoms with Gasteiger partial charge in [0.05, 0.1) is 40.8 Å². The molecular formula is C36H57NO7. The highest BCUT2D eigenvalue weighted by Crippen LogP contribution is 2.70. The molecule has 6 rings (SSSR count). The van der Waals surface area contributed by atoms with Crippen molar-refractivity contribution in [2.45, 2.75) is 160 Å². The molecule has 0 aromatic heterocycles. The Hall–Kier alpha value is -1.29. The smallest absolute Gasteiger partial charge is 0.164 e. The van der Waals surface area contributed by atoms with Crippen LogP contribution in [0.2, 0.25) is 0 Å². The fourth-order valence-corrected chi connectivity index (χ4v) is 10.7. The molecule has 8 nitrogen and oxygen atoms in total. The number of rotatable bonds is 7. The third-order valence-electron chi connectivity index (χ3n) is 12.6. The Morgan fingerprint density at radius 1 is 1.00 bits per heavy atom. The molecule has 10 atom stereocenters. The minimum atomic E-state index is -1.02. The highest BCUT2D eigenvalue weighted by molar-refractivity contribution is 5.99. The third-order valence-corrected chi connectivity index (χ3v) is 12.6. The van der Waals surface area contributed by atoms with E-state index in [4.69, 9.17) is 28.9 Å². The summed E-state index contributed by atoms with van der Waals surface area (Å²) in [4.78, 5) is 5.74. The first-order valence-electron chi connectivity index (χ1n) is 17.0. The molecule has 8 heteroatoms. The summed E-state index contributed by atoms with van der Waals surface area (Å²) in [5.41, 5.74) is -1.01. The summed E-state index contributed by atoms with van der Waals surface area (Å²) in [6.45, 7) is 22.7. The number of hydrogen-bond donors (Lipinski definition) is 2. The minimum absolute atomic E-state index is 0.0130. The first-order chi connectivity index (χ1) is 20.3. The zero-order valence-electron chi connectivity index (χ0n) is 28.6. The van der Waals surface area contributed by atoms with Gasteiger partial charge in [-0.2, -0.15) is 0 Å². The zero-order valence-corrected chi connectivity index (χ0v) is 28.6. The monoisotopic (exact) mass is 615 g/mol. The average Bonchev–Trinajstić information content (AvgIpc) is 3.44. The molecular weight excluding hydrogens is 558 g/mol. The van der Waals surface area contributed by atoms with Crippen molar-refractivity contribution in [1.82, 2.24) is 0 Å². The van der Waals surface area contributed by atoms with Crippen LogP contribution in [0.15, 0.2) is 29.5 Å². The van der Waals surface area contributed by atoms with E-state index in [2.05, 4.69) is 33.4 Å². The van der Waals surface area contributed by atoms with Gasteiger partial charge < -0.3 is 34.0 Å². The normalized spacial score (nSPS) is 48.2. The third kappa shape index (κ3) is 5.05. The van der Waals surface area contributed by atoms with Crippen molar-refractivity contribution in [2.75, 3.05) is 6.61 Å². The predicted octanol–water partition coefficient (Wildman–Crippen LogP) is 6.44. The van der Waals surface area contributed by atoms with E-state index < -0.39 is 33.8 Å². The fourth-order valence-electron chi connectivity index (χ4n) is 10.7. The Bertz CT molecular complexity index is 1220. The summed E-state index contributed by atoms with van der Waals surface area (Å²) in [7, 11) is 0. The van der Waals surface area contributed by atoms with Crippen molar-refractivity contribution in [3.63, 3.8) is 0 Å². The van der Waals surface area contributed by atoms with E-state index in [-0.39, 0.29) is 41.5 Å². The molecule has 6 aliphatic rings. The van der Waals surface area contributed by atoms with Gasteiger partial charge in [0, 0.05) is 11.3 Å². The minimum Gasteiger partial charge on any atom is -0.391 e. The summed E-state index contributed by atoms with van der Waals surface area (Å²) >= 11 is 0. The van der Waals surface area contributed by atoms with Crippen molar-refractivity contribution in [3.05, 3.63) is 24.3 Å². The second-order valence-corrected chi connectivity index (χ2v) is 17.0. The standard InChI is InChI=1S/C36H57NO7/c1-11-18-40-37-25-19-23-22(33(8)21-27-26(20-24(25)33)41-31(4,5)42-27)12-16-34(9)28(13-17-36(23,34)39)35(10)29(14-15-30(2,3)38)43-32(6,7)44-35/h11,19,22,24,26-29,38-39H,1,12-18,20-21H2,2-10H3/b37-25+/t22-,24-,26+,27-,28-,29+,33+,34+,35+,36+/m0/s1. The molecule has 0 radical (unpaired) electrons. The van der Waals surface area contributed by atoms with E-state index in [1.165, 1.54) is 0 Å².